The molecule has 18 heavy (non-hydrogen) atoms. The second-order valence-corrected chi connectivity index (χ2v) is 7.42. The third-order valence-electron chi connectivity index (χ3n) is 2.70. The topological polar surface area (TPSA) is 56.0 Å². The molecule has 1 heterocycles. The highest BCUT2D eigenvalue weighted by atomic mass is 32.2. The van der Waals surface area contributed by atoms with Gasteiger partial charge in [0.15, 0.2) is 0 Å². The number of hydrogen-bond acceptors (Lipinski definition) is 4. The molecule has 0 aliphatic heterocycles. The maximum Gasteiger partial charge on any atom is 0.231 e. The van der Waals surface area contributed by atoms with Crippen molar-refractivity contribution >= 4 is 10.8 Å². The third kappa shape index (κ3) is 4.88. The Kier molecular flexibility index (Phi) is 5.99. The van der Waals surface area contributed by atoms with E-state index in [4.69, 9.17) is 4.42 Å². The van der Waals surface area contributed by atoms with E-state index < -0.39 is 10.8 Å². The minimum atomic E-state index is -0.932. The van der Waals surface area contributed by atoms with Gasteiger partial charge in [-0.3, -0.25) is 4.21 Å². The van der Waals surface area contributed by atoms with Crippen LogP contribution in [0.2, 0.25) is 0 Å². The van der Waals surface area contributed by atoms with Crippen LogP contribution in [0.5, 0.6) is 0 Å². The van der Waals surface area contributed by atoms with Gasteiger partial charge in [0.05, 0.1) is 0 Å². The van der Waals surface area contributed by atoms with Crippen molar-refractivity contribution in [1.82, 2.24) is 10.2 Å². The number of aromatic nitrogens is 2. The van der Waals surface area contributed by atoms with Crippen molar-refractivity contribution in [2.24, 2.45) is 11.8 Å². The first-order valence-corrected chi connectivity index (χ1v) is 7.97. The van der Waals surface area contributed by atoms with Crippen LogP contribution in [0.3, 0.4) is 0 Å². The first-order valence-electron chi connectivity index (χ1n) is 6.59. The Balaban J connectivity index is 2.57. The third-order valence-corrected chi connectivity index (χ3v) is 4.33. The SMILES string of the molecule is CC(C)CCS(=O)C(C)c1nnc(CC(C)C)o1. The molecule has 0 N–H and O–H groups in total. The van der Waals surface area contributed by atoms with Crippen LogP contribution >= 0.6 is 0 Å². The van der Waals surface area contributed by atoms with E-state index in [0.717, 1.165) is 12.8 Å². The average molecular weight is 272 g/mol. The minimum absolute atomic E-state index is 0.169. The Morgan fingerprint density at radius 2 is 1.78 bits per heavy atom. The molecule has 0 aromatic carbocycles. The Hall–Kier alpha value is -0.710. The fraction of sp³-hybridized carbons (Fsp3) is 0.846. The molecule has 2 unspecified atom stereocenters. The maximum atomic E-state index is 12.1. The first-order chi connectivity index (χ1) is 8.40. The van der Waals surface area contributed by atoms with Crippen molar-refractivity contribution in [3.05, 3.63) is 11.8 Å². The monoisotopic (exact) mass is 272 g/mol. The molecule has 0 fully saturated rings. The van der Waals surface area contributed by atoms with Crippen molar-refractivity contribution in [2.45, 2.75) is 52.7 Å². The van der Waals surface area contributed by atoms with Gasteiger partial charge in [-0.05, 0) is 25.2 Å². The minimum Gasteiger partial charge on any atom is -0.424 e. The molecule has 2 atom stereocenters. The van der Waals surface area contributed by atoms with E-state index in [9.17, 15) is 4.21 Å². The van der Waals surface area contributed by atoms with Crippen LogP contribution in [0, 0.1) is 11.8 Å². The molecule has 0 amide bonds. The van der Waals surface area contributed by atoms with Crippen molar-refractivity contribution < 1.29 is 8.63 Å². The lowest BCUT2D eigenvalue weighted by Crippen LogP contribution is -2.09. The number of rotatable bonds is 7. The largest absolute Gasteiger partial charge is 0.424 e. The number of nitrogens with zero attached hydrogens (tertiary/aromatic N) is 2. The fourth-order valence-electron chi connectivity index (χ4n) is 1.50. The van der Waals surface area contributed by atoms with Gasteiger partial charge < -0.3 is 4.42 Å². The average Bonchev–Trinajstić information content (AvgIpc) is 2.72. The lowest BCUT2D eigenvalue weighted by atomic mass is 10.1. The predicted octanol–water partition coefficient (Wildman–Crippen LogP) is 3.12. The van der Waals surface area contributed by atoms with Crippen LogP contribution in [0.15, 0.2) is 4.42 Å². The highest BCUT2D eigenvalue weighted by Crippen LogP contribution is 2.20. The lowest BCUT2D eigenvalue weighted by Gasteiger charge is -2.08. The summed E-state index contributed by atoms with van der Waals surface area (Å²) in [5.74, 6) is 2.90. The first kappa shape index (κ1) is 15.3. The van der Waals surface area contributed by atoms with Crippen LogP contribution in [-0.2, 0) is 17.2 Å². The van der Waals surface area contributed by atoms with Gasteiger partial charge in [-0.1, -0.05) is 27.7 Å². The van der Waals surface area contributed by atoms with Gasteiger partial charge in [0.2, 0.25) is 11.8 Å². The Labute approximate surface area is 112 Å². The maximum absolute atomic E-state index is 12.1. The van der Waals surface area contributed by atoms with E-state index in [1.54, 1.807) is 0 Å². The molecule has 0 aliphatic rings. The summed E-state index contributed by atoms with van der Waals surface area (Å²) in [5, 5.41) is 7.84. The van der Waals surface area contributed by atoms with Gasteiger partial charge in [-0.2, -0.15) is 0 Å². The molecular formula is C13H24N2O2S. The lowest BCUT2D eigenvalue weighted by molar-refractivity contribution is 0.425. The van der Waals surface area contributed by atoms with E-state index in [2.05, 4.69) is 37.9 Å². The van der Waals surface area contributed by atoms with Gasteiger partial charge in [0, 0.05) is 23.0 Å². The van der Waals surface area contributed by atoms with Crippen molar-refractivity contribution in [3.8, 4) is 0 Å². The fourth-order valence-corrected chi connectivity index (χ4v) is 2.88. The molecule has 0 aliphatic carbocycles. The van der Waals surface area contributed by atoms with Crippen LogP contribution in [0.1, 0.15) is 58.1 Å². The number of hydrogen-bond donors (Lipinski definition) is 0. The molecule has 0 bridgehead atoms. The standard InChI is InChI=1S/C13H24N2O2S/c1-9(2)6-7-18(16)11(5)13-15-14-12(17-13)8-10(3)4/h9-11H,6-8H2,1-5H3. The summed E-state index contributed by atoms with van der Waals surface area (Å²) in [4.78, 5) is 0. The van der Waals surface area contributed by atoms with E-state index in [0.29, 0.717) is 29.4 Å². The highest BCUT2D eigenvalue weighted by molar-refractivity contribution is 7.85. The molecule has 104 valence electrons. The van der Waals surface area contributed by atoms with Crippen molar-refractivity contribution in [3.63, 3.8) is 0 Å². The second-order valence-electron chi connectivity index (χ2n) is 5.54. The van der Waals surface area contributed by atoms with Gasteiger partial charge in [-0.15, -0.1) is 10.2 Å². The molecule has 1 aromatic heterocycles. The van der Waals surface area contributed by atoms with Crippen LogP contribution in [0.4, 0.5) is 0 Å². The molecular weight excluding hydrogens is 248 g/mol. The molecule has 4 nitrogen and oxygen atoms in total. The summed E-state index contributed by atoms with van der Waals surface area (Å²) in [5.41, 5.74) is 0. The summed E-state index contributed by atoms with van der Waals surface area (Å²) >= 11 is 0. The molecule has 0 saturated carbocycles. The molecule has 0 spiro atoms. The zero-order chi connectivity index (χ0) is 13.7. The summed E-state index contributed by atoms with van der Waals surface area (Å²) in [6.45, 7) is 10.4. The van der Waals surface area contributed by atoms with E-state index in [-0.39, 0.29) is 5.25 Å². The van der Waals surface area contributed by atoms with Gasteiger partial charge in [0.25, 0.3) is 0 Å². The van der Waals surface area contributed by atoms with E-state index >= 15 is 0 Å². The molecule has 5 heteroatoms. The highest BCUT2D eigenvalue weighted by Gasteiger charge is 2.20. The molecule has 0 radical (unpaired) electrons. The molecule has 1 rings (SSSR count). The van der Waals surface area contributed by atoms with Crippen LogP contribution < -0.4 is 0 Å². The normalized spacial score (nSPS) is 15.3. The Bertz CT molecular complexity index is 388. The summed E-state index contributed by atoms with van der Waals surface area (Å²) in [6, 6.07) is 0. The zero-order valence-electron chi connectivity index (χ0n) is 12.0. The second kappa shape index (κ2) is 7.02. The summed E-state index contributed by atoms with van der Waals surface area (Å²) in [6.07, 6.45) is 1.74. The quantitative estimate of drug-likeness (QED) is 0.765. The van der Waals surface area contributed by atoms with Crippen LogP contribution in [0.25, 0.3) is 0 Å². The smallest absolute Gasteiger partial charge is 0.231 e. The van der Waals surface area contributed by atoms with Crippen LogP contribution in [-0.4, -0.2) is 20.2 Å². The van der Waals surface area contributed by atoms with Gasteiger partial charge >= 0.3 is 0 Å². The Morgan fingerprint density at radius 1 is 1.11 bits per heavy atom. The predicted molar refractivity (Wildman–Crippen MR) is 73.7 cm³/mol. The molecule has 0 saturated heterocycles. The summed E-state index contributed by atoms with van der Waals surface area (Å²) in [7, 11) is -0.932. The summed E-state index contributed by atoms with van der Waals surface area (Å²) < 4.78 is 17.6. The van der Waals surface area contributed by atoms with Crippen molar-refractivity contribution in [1.29, 1.82) is 0 Å². The Morgan fingerprint density at radius 3 is 2.33 bits per heavy atom. The van der Waals surface area contributed by atoms with Crippen molar-refractivity contribution in [2.75, 3.05) is 5.75 Å². The molecule has 1 aromatic rings. The van der Waals surface area contributed by atoms with Gasteiger partial charge in [-0.25, -0.2) is 0 Å². The van der Waals surface area contributed by atoms with E-state index in [1.807, 2.05) is 6.92 Å². The van der Waals surface area contributed by atoms with Gasteiger partial charge in [0.1, 0.15) is 5.25 Å². The van der Waals surface area contributed by atoms with E-state index in [1.165, 1.54) is 0 Å². The zero-order valence-corrected chi connectivity index (χ0v) is 12.8.